The molecule has 2 unspecified atom stereocenters. The zero-order valence-corrected chi connectivity index (χ0v) is 12.6. The SMILES string of the molecule is Cc1ccc(NC(C)CC2CCCCN2)cc1C(F)(F)F. The van der Waals surface area contributed by atoms with Gasteiger partial charge in [-0.1, -0.05) is 12.5 Å². The zero-order valence-electron chi connectivity index (χ0n) is 12.6. The van der Waals surface area contributed by atoms with E-state index in [2.05, 4.69) is 10.6 Å². The average Bonchev–Trinajstić information content (AvgIpc) is 2.41. The molecular weight excluding hydrogens is 277 g/mol. The Morgan fingerprint density at radius 1 is 1.33 bits per heavy atom. The number of alkyl halides is 3. The van der Waals surface area contributed by atoms with Gasteiger partial charge in [0.2, 0.25) is 0 Å². The van der Waals surface area contributed by atoms with Crippen LogP contribution in [0.1, 0.15) is 43.7 Å². The Kier molecular flexibility index (Phi) is 5.14. The van der Waals surface area contributed by atoms with Crippen LogP contribution in [0.5, 0.6) is 0 Å². The number of rotatable bonds is 4. The van der Waals surface area contributed by atoms with Crippen molar-refractivity contribution in [3.8, 4) is 0 Å². The minimum atomic E-state index is -4.30. The van der Waals surface area contributed by atoms with E-state index in [0.717, 1.165) is 19.4 Å². The number of nitrogens with one attached hydrogen (secondary N) is 2. The Morgan fingerprint density at radius 2 is 2.10 bits per heavy atom. The van der Waals surface area contributed by atoms with Crippen LogP contribution in [0.2, 0.25) is 0 Å². The molecule has 0 saturated carbocycles. The Morgan fingerprint density at radius 3 is 2.71 bits per heavy atom. The largest absolute Gasteiger partial charge is 0.416 e. The Bertz CT molecular complexity index is 465. The lowest BCUT2D eigenvalue weighted by Crippen LogP contribution is -2.37. The van der Waals surface area contributed by atoms with Crippen molar-refractivity contribution in [2.45, 2.75) is 57.8 Å². The third-order valence-electron chi connectivity index (χ3n) is 4.01. The Hall–Kier alpha value is -1.23. The quantitative estimate of drug-likeness (QED) is 0.864. The average molecular weight is 300 g/mol. The van der Waals surface area contributed by atoms with Crippen molar-refractivity contribution < 1.29 is 13.2 Å². The number of piperidine rings is 1. The summed E-state index contributed by atoms with van der Waals surface area (Å²) in [6.45, 7) is 4.55. The fourth-order valence-corrected chi connectivity index (χ4v) is 2.91. The summed E-state index contributed by atoms with van der Waals surface area (Å²) in [6.07, 6.45) is 0.219. The van der Waals surface area contributed by atoms with Gasteiger partial charge in [-0.3, -0.25) is 0 Å². The highest BCUT2D eigenvalue weighted by molar-refractivity contribution is 5.50. The second-order valence-corrected chi connectivity index (χ2v) is 5.96. The fourth-order valence-electron chi connectivity index (χ4n) is 2.91. The van der Waals surface area contributed by atoms with Crippen molar-refractivity contribution in [1.29, 1.82) is 0 Å². The van der Waals surface area contributed by atoms with Crippen LogP contribution in [0, 0.1) is 6.92 Å². The van der Waals surface area contributed by atoms with E-state index in [-0.39, 0.29) is 11.6 Å². The predicted molar refractivity (Wildman–Crippen MR) is 79.5 cm³/mol. The van der Waals surface area contributed by atoms with Crippen LogP contribution < -0.4 is 10.6 Å². The van der Waals surface area contributed by atoms with Crippen LogP contribution in [-0.4, -0.2) is 18.6 Å². The maximum absolute atomic E-state index is 12.9. The molecule has 0 aromatic heterocycles. The monoisotopic (exact) mass is 300 g/mol. The standard InChI is InChI=1S/C16H23F3N2/c1-11-6-7-14(10-15(11)16(17,18)19)21-12(2)9-13-5-3-4-8-20-13/h6-7,10,12-13,20-21H,3-5,8-9H2,1-2H3. The lowest BCUT2D eigenvalue weighted by Gasteiger charge is -2.27. The Labute approximate surface area is 124 Å². The number of aryl methyl sites for hydroxylation is 1. The van der Waals surface area contributed by atoms with E-state index < -0.39 is 11.7 Å². The first-order valence-corrected chi connectivity index (χ1v) is 7.54. The molecule has 0 amide bonds. The normalized spacial score (nSPS) is 21.1. The van der Waals surface area contributed by atoms with Crippen molar-refractivity contribution in [2.24, 2.45) is 0 Å². The first-order chi connectivity index (χ1) is 9.86. The van der Waals surface area contributed by atoms with Gasteiger partial charge in [0, 0.05) is 17.8 Å². The molecule has 0 bridgehead atoms. The number of anilines is 1. The van der Waals surface area contributed by atoms with E-state index in [0.29, 0.717) is 11.7 Å². The summed E-state index contributed by atoms with van der Waals surface area (Å²) in [5, 5.41) is 6.65. The molecule has 118 valence electrons. The van der Waals surface area contributed by atoms with Gasteiger partial charge in [0.25, 0.3) is 0 Å². The van der Waals surface area contributed by atoms with E-state index in [4.69, 9.17) is 0 Å². The summed E-state index contributed by atoms with van der Waals surface area (Å²) < 4.78 is 38.7. The van der Waals surface area contributed by atoms with Gasteiger partial charge in [0.05, 0.1) is 5.56 Å². The minimum Gasteiger partial charge on any atom is -0.383 e. The highest BCUT2D eigenvalue weighted by Gasteiger charge is 2.32. The maximum atomic E-state index is 12.9. The van der Waals surface area contributed by atoms with E-state index in [9.17, 15) is 13.2 Å². The number of halogens is 3. The molecule has 2 rings (SSSR count). The van der Waals surface area contributed by atoms with E-state index in [1.54, 1.807) is 6.07 Å². The summed E-state index contributed by atoms with van der Waals surface area (Å²) in [5.41, 5.74) is 0.237. The van der Waals surface area contributed by atoms with Crippen LogP contribution in [0.4, 0.5) is 18.9 Å². The van der Waals surface area contributed by atoms with Crippen molar-refractivity contribution in [3.63, 3.8) is 0 Å². The topological polar surface area (TPSA) is 24.1 Å². The molecule has 2 N–H and O–H groups in total. The molecule has 1 fully saturated rings. The van der Waals surface area contributed by atoms with Crippen LogP contribution in [0.3, 0.4) is 0 Å². The van der Waals surface area contributed by atoms with E-state index in [1.807, 2.05) is 6.92 Å². The molecule has 0 aliphatic carbocycles. The van der Waals surface area contributed by atoms with Gasteiger partial charge in [-0.25, -0.2) is 0 Å². The molecule has 1 aliphatic heterocycles. The van der Waals surface area contributed by atoms with Crippen LogP contribution in [-0.2, 0) is 6.18 Å². The second-order valence-electron chi connectivity index (χ2n) is 5.96. The lowest BCUT2D eigenvalue weighted by molar-refractivity contribution is -0.138. The van der Waals surface area contributed by atoms with Gasteiger partial charge in [-0.15, -0.1) is 0 Å². The highest BCUT2D eigenvalue weighted by atomic mass is 19.4. The van der Waals surface area contributed by atoms with Crippen LogP contribution in [0.15, 0.2) is 18.2 Å². The van der Waals surface area contributed by atoms with Crippen LogP contribution in [0.25, 0.3) is 0 Å². The molecule has 0 spiro atoms. The molecule has 2 nitrogen and oxygen atoms in total. The molecule has 1 saturated heterocycles. The number of hydrogen-bond donors (Lipinski definition) is 2. The van der Waals surface area contributed by atoms with Gasteiger partial charge in [0.1, 0.15) is 0 Å². The third-order valence-corrected chi connectivity index (χ3v) is 4.01. The smallest absolute Gasteiger partial charge is 0.383 e. The summed E-state index contributed by atoms with van der Waals surface area (Å²) in [6, 6.07) is 5.06. The molecule has 1 heterocycles. The lowest BCUT2D eigenvalue weighted by atomic mass is 9.98. The first kappa shape index (κ1) is 16.1. The maximum Gasteiger partial charge on any atom is 0.416 e. The first-order valence-electron chi connectivity index (χ1n) is 7.54. The molecule has 1 aromatic carbocycles. The molecule has 0 radical (unpaired) electrons. The van der Waals surface area contributed by atoms with Crippen molar-refractivity contribution in [1.82, 2.24) is 5.32 Å². The number of hydrogen-bond acceptors (Lipinski definition) is 2. The minimum absolute atomic E-state index is 0.143. The van der Waals surface area contributed by atoms with Gasteiger partial charge in [-0.2, -0.15) is 13.2 Å². The van der Waals surface area contributed by atoms with Crippen molar-refractivity contribution >= 4 is 5.69 Å². The summed E-state index contributed by atoms with van der Waals surface area (Å²) >= 11 is 0. The van der Waals surface area contributed by atoms with Crippen molar-refractivity contribution in [3.05, 3.63) is 29.3 Å². The molecule has 1 aliphatic rings. The third kappa shape index (κ3) is 4.63. The fraction of sp³-hybridized carbons (Fsp3) is 0.625. The van der Waals surface area contributed by atoms with E-state index in [1.165, 1.54) is 31.9 Å². The van der Waals surface area contributed by atoms with Crippen molar-refractivity contribution in [2.75, 3.05) is 11.9 Å². The Balaban J connectivity index is 1.98. The van der Waals surface area contributed by atoms with E-state index >= 15 is 0 Å². The molecule has 21 heavy (non-hydrogen) atoms. The second kappa shape index (κ2) is 6.69. The molecule has 2 atom stereocenters. The molecule has 1 aromatic rings. The van der Waals surface area contributed by atoms with Crippen LogP contribution >= 0.6 is 0 Å². The molecular formula is C16H23F3N2. The predicted octanol–water partition coefficient (Wildman–Crippen LogP) is 4.35. The highest BCUT2D eigenvalue weighted by Crippen LogP contribution is 2.33. The van der Waals surface area contributed by atoms with Gasteiger partial charge in [-0.05, 0) is 57.4 Å². The zero-order chi connectivity index (χ0) is 15.5. The summed E-state index contributed by atoms with van der Waals surface area (Å²) in [5.74, 6) is 0. The van der Waals surface area contributed by atoms with Gasteiger partial charge >= 0.3 is 6.18 Å². The van der Waals surface area contributed by atoms with Gasteiger partial charge in [0.15, 0.2) is 0 Å². The number of benzene rings is 1. The summed E-state index contributed by atoms with van der Waals surface area (Å²) in [4.78, 5) is 0. The summed E-state index contributed by atoms with van der Waals surface area (Å²) in [7, 11) is 0. The van der Waals surface area contributed by atoms with Gasteiger partial charge < -0.3 is 10.6 Å². The molecule has 5 heteroatoms.